The molecule has 1 aromatic carbocycles. The van der Waals surface area contributed by atoms with Crippen LogP contribution in [0.1, 0.15) is 75.4 Å². The standard InChI is InChI=1S/C24H30F3N5O/c1-6-15(2)7-8-16(3)18-12-28-23(29-13-18)33-14-22-17(4)32(31-30-22)19-9-10-21(25)20(11-19)24(5,26)27/h9-13,15-16H,6-8,14H2,1-5H3/t15-,16?/m1/s1. The molecular formula is C24H30F3N5O. The number of nitrogens with zero attached hydrogens (tertiary/aromatic N) is 5. The summed E-state index contributed by atoms with van der Waals surface area (Å²) < 4.78 is 48.2. The Morgan fingerprint density at radius 2 is 1.82 bits per heavy atom. The zero-order chi connectivity index (χ0) is 24.2. The van der Waals surface area contributed by atoms with Gasteiger partial charge in [-0.05, 0) is 48.9 Å². The lowest BCUT2D eigenvalue weighted by molar-refractivity contribution is 0.0137. The van der Waals surface area contributed by atoms with E-state index < -0.39 is 17.3 Å². The first-order valence-corrected chi connectivity index (χ1v) is 11.1. The van der Waals surface area contributed by atoms with Crippen molar-refractivity contribution in [3.8, 4) is 11.7 Å². The molecule has 0 fully saturated rings. The van der Waals surface area contributed by atoms with Crippen molar-refractivity contribution in [2.45, 2.75) is 72.3 Å². The van der Waals surface area contributed by atoms with Crippen LogP contribution in [0.4, 0.5) is 13.2 Å². The van der Waals surface area contributed by atoms with Crippen LogP contribution in [0, 0.1) is 18.7 Å². The molecule has 0 N–H and O–H groups in total. The third kappa shape index (κ3) is 6.09. The normalized spacial score (nSPS) is 13.7. The molecule has 0 bridgehead atoms. The second-order valence-electron chi connectivity index (χ2n) is 8.67. The predicted molar refractivity (Wildman–Crippen MR) is 119 cm³/mol. The monoisotopic (exact) mass is 461 g/mol. The summed E-state index contributed by atoms with van der Waals surface area (Å²) in [5.41, 5.74) is 1.74. The molecule has 3 aromatic rings. The second kappa shape index (κ2) is 10.3. The van der Waals surface area contributed by atoms with Crippen LogP contribution >= 0.6 is 0 Å². The summed E-state index contributed by atoms with van der Waals surface area (Å²) in [4.78, 5) is 8.58. The van der Waals surface area contributed by atoms with Crippen molar-refractivity contribution in [2.24, 2.45) is 5.92 Å². The molecule has 0 spiro atoms. The lowest BCUT2D eigenvalue weighted by Crippen LogP contribution is -2.11. The Labute approximate surface area is 192 Å². The highest BCUT2D eigenvalue weighted by molar-refractivity contribution is 5.39. The van der Waals surface area contributed by atoms with Gasteiger partial charge in [0.25, 0.3) is 5.92 Å². The van der Waals surface area contributed by atoms with Crippen LogP contribution in [0.25, 0.3) is 5.69 Å². The van der Waals surface area contributed by atoms with E-state index in [1.165, 1.54) is 17.2 Å². The highest BCUT2D eigenvalue weighted by Crippen LogP contribution is 2.31. The summed E-state index contributed by atoms with van der Waals surface area (Å²) in [6.07, 6.45) is 6.97. The maximum Gasteiger partial charge on any atom is 0.316 e. The topological polar surface area (TPSA) is 65.7 Å². The molecule has 3 rings (SSSR count). The van der Waals surface area contributed by atoms with Gasteiger partial charge in [0.2, 0.25) is 0 Å². The van der Waals surface area contributed by atoms with E-state index in [1.54, 1.807) is 19.3 Å². The van der Waals surface area contributed by atoms with Gasteiger partial charge in [0.1, 0.15) is 18.1 Å². The minimum Gasteiger partial charge on any atom is -0.457 e. The number of hydrogen-bond donors (Lipinski definition) is 0. The van der Waals surface area contributed by atoms with Crippen LogP contribution in [0.15, 0.2) is 30.6 Å². The molecule has 0 aliphatic rings. The van der Waals surface area contributed by atoms with Gasteiger partial charge >= 0.3 is 6.01 Å². The minimum atomic E-state index is -3.31. The number of ether oxygens (including phenoxy) is 1. The number of hydrogen-bond acceptors (Lipinski definition) is 5. The number of aromatic nitrogens is 5. The predicted octanol–water partition coefficient (Wildman–Crippen LogP) is 6.13. The molecule has 0 saturated heterocycles. The smallest absolute Gasteiger partial charge is 0.316 e. The van der Waals surface area contributed by atoms with Crippen LogP contribution in [0.2, 0.25) is 0 Å². The lowest BCUT2D eigenvalue weighted by Gasteiger charge is -2.14. The summed E-state index contributed by atoms with van der Waals surface area (Å²) in [6.45, 7) is 9.07. The van der Waals surface area contributed by atoms with Crippen molar-refractivity contribution < 1.29 is 17.9 Å². The largest absolute Gasteiger partial charge is 0.457 e. The first-order chi connectivity index (χ1) is 15.6. The first-order valence-electron chi connectivity index (χ1n) is 11.1. The minimum absolute atomic E-state index is 0.0622. The molecule has 2 heterocycles. The number of rotatable bonds is 10. The Hall–Kier alpha value is -2.97. The molecule has 0 aliphatic carbocycles. The fraction of sp³-hybridized carbons (Fsp3) is 0.500. The molecule has 0 aliphatic heterocycles. The molecule has 2 atom stereocenters. The van der Waals surface area contributed by atoms with Crippen LogP contribution in [-0.2, 0) is 12.5 Å². The zero-order valence-corrected chi connectivity index (χ0v) is 19.6. The average Bonchev–Trinajstić information content (AvgIpc) is 3.15. The van der Waals surface area contributed by atoms with Gasteiger partial charge in [0.15, 0.2) is 0 Å². The molecule has 0 saturated carbocycles. The van der Waals surface area contributed by atoms with E-state index in [2.05, 4.69) is 41.1 Å². The Balaban J connectivity index is 1.66. The summed E-state index contributed by atoms with van der Waals surface area (Å²) in [5, 5.41) is 8.08. The van der Waals surface area contributed by atoms with Crippen molar-refractivity contribution in [1.29, 1.82) is 0 Å². The van der Waals surface area contributed by atoms with E-state index in [4.69, 9.17) is 4.74 Å². The van der Waals surface area contributed by atoms with Crippen LogP contribution in [-0.4, -0.2) is 25.0 Å². The van der Waals surface area contributed by atoms with Crippen molar-refractivity contribution in [3.05, 3.63) is 58.9 Å². The highest BCUT2D eigenvalue weighted by Gasteiger charge is 2.29. The van der Waals surface area contributed by atoms with Crippen LogP contribution in [0.3, 0.4) is 0 Å². The molecule has 178 valence electrons. The van der Waals surface area contributed by atoms with Gasteiger partial charge < -0.3 is 4.74 Å². The van der Waals surface area contributed by atoms with E-state index >= 15 is 0 Å². The molecule has 2 aromatic heterocycles. The summed E-state index contributed by atoms with van der Waals surface area (Å²) >= 11 is 0. The average molecular weight is 462 g/mol. The zero-order valence-electron chi connectivity index (χ0n) is 19.6. The van der Waals surface area contributed by atoms with Gasteiger partial charge in [0, 0.05) is 19.3 Å². The molecule has 6 nitrogen and oxygen atoms in total. The van der Waals surface area contributed by atoms with Gasteiger partial charge in [0.05, 0.1) is 16.9 Å². The van der Waals surface area contributed by atoms with Crippen molar-refractivity contribution in [1.82, 2.24) is 25.0 Å². The molecule has 1 unspecified atom stereocenters. The molecule has 0 radical (unpaired) electrons. The number of halogens is 3. The van der Waals surface area contributed by atoms with Gasteiger partial charge in [-0.25, -0.2) is 27.8 Å². The lowest BCUT2D eigenvalue weighted by atomic mass is 9.93. The van der Waals surface area contributed by atoms with Crippen molar-refractivity contribution in [2.75, 3.05) is 0 Å². The summed E-state index contributed by atoms with van der Waals surface area (Å²) in [5.74, 6) is -3.21. The van der Waals surface area contributed by atoms with Crippen molar-refractivity contribution in [3.63, 3.8) is 0 Å². The van der Waals surface area contributed by atoms with E-state index in [1.807, 2.05) is 0 Å². The molecular weight excluding hydrogens is 431 g/mol. The summed E-state index contributed by atoms with van der Waals surface area (Å²) in [6, 6.07) is 3.67. The van der Waals surface area contributed by atoms with Crippen LogP contribution in [0.5, 0.6) is 6.01 Å². The highest BCUT2D eigenvalue weighted by atomic mass is 19.3. The van der Waals surface area contributed by atoms with Gasteiger partial charge in [-0.3, -0.25) is 0 Å². The Morgan fingerprint density at radius 3 is 2.45 bits per heavy atom. The summed E-state index contributed by atoms with van der Waals surface area (Å²) in [7, 11) is 0. The third-order valence-electron chi connectivity index (χ3n) is 6.00. The Bertz CT molecular complexity index is 1060. The van der Waals surface area contributed by atoms with E-state index in [0.29, 0.717) is 30.1 Å². The Kier molecular flexibility index (Phi) is 7.71. The maximum atomic E-state index is 13.8. The molecule has 0 amide bonds. The Morgan fingerprint density at radius 1 is 1.12 bits per heavy atom. The number of alkyl halides is 2. The van der Waals surface area contributed by atoms with Crippen molar-refractivity contribution >= 4 is 0 Å². The van der Waals surface area contributed by atoms with Crippen LogP contribution < -0.4 is 4.74 Å². The van der Waals surface area contributed by atoms with E-state index in [0.717, 1.165) is 30.5 Å². The first kappa shape index (κ1) is 24.7. The fourth-order valence-electron chi connectivity index (χ4n) is 3.41. The van der Waals surface area contributed by atoms with Gasteiger partial charge in [-0.15, -0.1) is 5.10 Å². The fourth-order valence-corrected chi connectivity index (χ4v) is 3.41. The van der Waals surface area contributed by atoms with E-state index in [-0.39, 0.29) is 18.3 Å². The number of benzene rings is 1. The van der Waals surface area contributed by atoms with E-state index in [9.17, 15) is 13.2 Å². The third-order valence-corrected chi connectivity index (χ3v) is 6.00. The second-order valence-corrected chi connectivity index (χ2v) is 8.67. The molecule has 33 heavy (non-hydrogen) atoms. The molecule has 9 heteroatoms. The quantitative estimate of drug-likeness (QED) is 0.364. The van der Waals surface area contributed by atoms with Gasteiger partial charge in [-0.2, -0.15) is 0 Å². The SMILES string of the molecule is CC[C@@H](C)CCC(C)c1cnc(OCc2nnn(-c3ccc(F)c(C(C)(F)F)c3)c2C)nc1. The maximum absolute atomic E-state index is 13.8. The van der Waals surface area contributed by atoms with Gasteiger partial charge in [-0.1, -0.05) is 38.8 Å².